The number of carboxylic acid groups (broad SMARTS) is 1. The van der Waals surface area contributed by atoms with Crippen molar-refractivity contribution in [2.24, 2.45) is 0 Å². The minimum atomic E-state index is -0.898. The number of hydrogen-bond acceptors (Lipinski definition) is 4. The summed E-state index contributed by atoms with van der Waals surface area (Å²) in [6, 6.07) is 4.91. The van der Waals surface area contributed by atoms with Crippen molar-refractivity contribution in [3.05, 3.63) is 30.1 Å². The zero-order valence-corrected chi connectivity index (χ0v) is 19.3. The van der Waals surface area contributed by atoms with Gasteiger partial charge in [0.15, 0.2) is 0 Å². The van der Waals surface area contributed by atoms with Gasteiger partial charge in [0.05, 0.1) is 24.0 Å². The number of hydrogen-bond donors (Lipinski definition) is 1. The van der Waals surface area contributed by atoms with E-state index in [2.05, 4.69) is 29.7 Å². The molecular weight excluding hydrogens is 404 g/mol. The normalized spacial score (nSPS) is 26.5. The zero-order valence-electron chi connectivity index (χ0n) is 19.3. The molecule has 7 heteroatoms. The third kappa shape index (κ3) is 3.76. The van der Waals surface area contributed by atoms with Crippen molar-refractivity contribution < 1.29 is 14.6 Å². The Morgan fingerprint density at radius 2 is 1.97 bits per heavy atom. The molecule has 3 aliphatic rings. The number of nitrogens with zero attached hydrogens (tertiary/aromatic N) is 4. The van der Waals surface area contributed by atoms with E-state index in [0.717, 1.165) is 73.2 Å². The van der Waals surface area contributed by atoms with Crippen LogP contribution in [0.3, 0.4) is 0 Å². The van der Waals surface area contributed by atoms with Crippen LogP contribution in [0.4, 0.5) is 10.5 Å². The molecule has 1 aromatic carbocycles. The fraction of sp³-hybridized carbons (Fsp3) is 0.600. The van der Waals surface area contributed by atoms with Crippen LogP contribution in [0.5, 0.6) is 5.75 Å². The van der Waals surface area contributed by atoms with Crippen LogP contribution in [-0.4, -0.2) is 57.7 Å². The molecule has 3 atom stereocenters. The van der Waals surface area contributed by atoms with Crippen molar-refractivity contribution in [2.75, 3.05) is 18.5 Å². The highest BCUT2D eigenvalue weighted by Gasteiger charge is 2.33. The molecule has 172 valence electrons. The van der Waals surface area contributed by atoms with Crippen molar-refractivity contribution in [3.8, 4) is 16.9 Å². The summed E-state index contributed by atoms with van der Waals surface area (Å²) in [4.78, 5) is 15.9. The van der Waals surface area contributed by atoms with Gasteiger partial charge in [-0.15, -0.1) is 0 Å². The second-order valence-electron chi connectivity index (χ2n) is 9.87. The predicted molar refractivity (Wildman–Crippen MR) is 125 cm³/mol. The highest BCUT2D eigenvalue weighted by atomic mass is 16.5. The van der Waals surface area contributed by atoms with Gasteiger partial charge in [0.25, 0.3) is 0 Å². The largest absolute Gasteiger partial charge is 0.489 e. The number of amides is 1. The van der Waals surface area contributed by atoms with Gasteiger partial charge in [0.2, 0.25) is 0 Å². The number of anilines is 1. The monoisotopic (exact) mass is 438 g/mol. The number of likely N-dealkylation sites (tertiary alicyclic amines) is 1. The van der Waals surface area contributed by atoms with Crippen molar-refractivity contribution in [1.82, 2.24) is 14.7 Å². The summed E-state index contributed by atoms with van der Waals surface area (Å²) in [7, 11) is 2.19. The van der Waals surface area contributed by atoms with E-state index in [4.69, 9.17) is 9.84 Å². The molecule has 1 aromatic heterocycles. The standard InChI is InChI=1S/C25H34N4O3/c1-16-7-8-22-23(29(16)25(30)31)10-9-21(24(22)32-20-5-4-6-20)18-14-26-28(15-18)19-11-12-27(3)17(2)13-19/h9-10,14-17,19-20H,4-8,11-13H2,1-3H3,(H,30,31)/t16-,17+,19+/m0/s1. The minimum Gasteiger partial charge on any atom is -0.489 e. The van der Waals surface area contributed by atoms with E-state index in [0.29, 0.717) is 12.1 Å². The van der Waals surface area contributed by atoms with Crippen molar-refractivity contribution in [2.45, 2.75) is 83.0 Å². The van der Waals surface area contributed by atoms with Crippen LogP contribution < -0.4 is 9.64 Å². The van der Waals surface area contributed by atoms with Gasteiger partial charge in [-0.2, -0.15) is 5.10 Å². The second kappa shape index (κ2) is 8.43. The summed E-state index contributed by atoms with van der Waals surface area (Å²) in [5, 5.41) is 14.6. The van der Waals surface area contributed by atoms with Gasteiger partial charge < -0.3 is 14.7 Å². The van der Waals surface area contributed by atoms with Gasteiger partial charge in [-0.1, -0.05) is 0 Å². The zero-order chi connectivity index (χ0) is 22.4. The number of benzene rings is 1. The van der Waals surface area contributed by atoms with Crippen molar-refractivity contribution in [3.63, 3.8) is 0 Å². The van der Waals surface area contributed by atoms with Gasteiger partial charge in [-0.25, -0.2) is 4.79 Å². The summed E-state index contributed by atoms with van der Waals surface area (Å²) in [6.45, 7) is 5.34. The Morgan fingerprint density at radius 1 is 1.16 bits per heavy atom. The van der Waals surface area contributed by atoms with Crippen LogP contribution in [0.15, 0.2) is 24.5 Å². The maximum absolute atomic E-state index is 12.0. The lowest BCUT2D eigenvalue weighted by molar-refractivity contribution is 0.119. The van der Waals surface area contributed by atoms with Crippen LogP contribution in [0, 0.1) is 0 Å². The molecule has 0 spiro atoms. The molecule has 1 saturated carbocycles. The van der Waals surface area contributed by atoms with Crippen molar-refractivity contribution >= 4 is 11.8 Å². The molecule has 2 aromatic rings. The van der Waals surface area contributed by atoms with Gasteiger partial charge in [-0.3, -0.25) is 9.58 Å². The fourth-order valence-corrected chi connectivity index (χ4v) is 5.29. The van der Waals surface area contributed by atoms with Crippen LogP contribution in [-0.2, 0) is 6.42 Å². The highest BCUT2D eigenvalue weighted by molar-refractivity contribution is 5.91. The lowest BCUT2D eigenvalue weighted by atomic mass is 9.91. The topological polar surface area (TPSA) is 70.8 Å². The molecule has 0 unspecified atom stereocenters. The fourth-order valence-electron chi connectivity index (χ4n) is 5.29. The number of ether oxygens (including phenoxy) is 1. The average molecular weight is 439 g/mol. The second-order valence-corrected chi connectivity index (χ2v) is 9.87. The number of rotatable bonds is 4. The lowest BCUT2D eigenvalue weighted by Gasteiger charge is -2.36. The van der Waals surface area contributed by atoms with E-state index in [1.165, 1.54) is 11.3 Å². The Kier molecular flexibility index (Phi) is 5.61. The van der Waals surface area contributed by atoms with E-state index in [-0.39, 0.29) is 12.1 Å². The first-order chi connectivity index (χ1) is 15.4. The molecule has 1 N–H and O–H groups in total. The Balaban J connectivity index is 1.51. The maximum Gasteiger partial charge on any atom is 0.412 e. The molecule has 32 heavy (non-hydrogen) atoms. The molecule has 5 rings (SSSR count). The van der Waals surface area contributed by atoms with Crippen molar-refractivity contribution in [1.29, 1.82) is 0 Å². The molecule has 3 heterocycles. The molecule has 1 amide bonds. The van der Waals surface area contributed by atoms with E-state index in [9.17, 15) is 9.90 Å². The maximum atomic E-state index is 12.0. The third-order valence-corrected chi connectivity index (χ3v) is 7.76. The molecule has 2 fully saturated rings. The Labute approximate surface area is 190 Å². The predicted octanol–water partition coefficient (Wildman–Crippen LogP) is 4.96. The Bertz CT molecular complexity index is 999. The van der Waals surface area contributed by atoms with Gasteiger partial charge in [0, 0.05) is 41.5 Å². The Hall–Kier alpha value is -2.54. The summed E-state index contributed by atoms with van der Waals surface area (Å²) >= 11 is 0. The van der Waals surface area contributed by atoms with E-state index < -0.39 is 6.09 Å². The third-order valence-electron chi connectivity index (χ3n) is 7.76. The molecule has 0 bridgehead atoms. The average Bonchev–Trinajstić information content (AvgIpc) is 3.22. The van der Waals surface area contributed by atoms with E-state index >= 15 is 0 Å². The SMILES string of the molecule is C[C@@H]1C[C@H](n2cc(-c3ccc4c(c3OC3CCC3)CC[C@H](C)N4C(=O)O)cn2)CCN1C. The minimum absolute atomic E-state index is 0.0309. The van der Waals surface area contributed by atoms with Crippen LogP contribution in [0.25, 0.3) is 11.1 Å². The molecule has 0 radical (unpaired) electrons. The van der Waals surface area contributed by atoms with Gasteiger partial charge in [0.1, 0.15) is 5.75 Å². The molecule has 2 aliphatic heterocycles. The smallest absolute Gasteiger partial charge is 0.412 e. The van der Waals surface area contributed by atoms with Crippen LogP contribution in [0.1, 0.15) is 64.0 Å². The molecule has 7 nitrogen and oxygen atoms in total. The summed E-state index contributed by atoms with van der Waals surface area (Å²) in [5.74, 6) is 0.863. The molecule has 1 aliphatic carbocycles. The van der Waals surface area contributed by atoms with Crippen LogP contribution in [0.2, 0.25) is 0 Å². The first-order valence-electron chi connectivity index (χ1n) is 12.0. The number of fused-ring (bicyclic) bond motifs is 1. The number of aromatic nitrogens is 2. The lowest BCUT2D eigenvalue weighted by Crippen LogP contribution is -2.41. The summed E-state index contributed by atoms with van der Waals surface area (Å²) in [5.41, 5.74) is 3.87. The van der Waals surface area contributed by atoms with Gasteiger partial charge >= 0.3 is 6.09 Å². The molecular formula is C25H34N4O3. The Morgan fingerprint density at radius 3 is 2.66 bits per heavy atom. The number of carbonyl (C=O) groups is 1. The quantitative estimate of drug-likeness (QED) is 0.731. The van der Waals surface area contributed by atoms with E-state index in [1.807, 2.05) is 25.3 Å². The molecule has 1 saturated heterocycles. The van der Waals surface area contributed by atoms with Gasteiger partial charge in [-0.05, 0) is 78.0 Å². The van der Waals surface area contributed by atoms with Crippen LogP contribution >= 0.6 is 0 Å². The summed E-state index contributed by atoms with van der Waals surface area (Å²) in [6.07, 6.45) is 10.6. The first-order valence-corrected chi connectivity index (χ1v) is 12.0. The van der Waals surface area contributed by atoms with E-state index in [1.54, 1.807) is 0 Å². The number of piperidine rings is 1. The first kappa shape index (κ1) is 21.3. The summed E-state index contributed by atoms with van der Waals surface area (Å²) < 4.78 is 8.64. The highest BCUT2D eigenvalue weighted by Crippen LogP contribution is 2.44.